The monoisotopic (exact) mass is 364 g/mol. The molecule has 0 aromatic carbocycles. The normalized spacial score (nSPS) is 76.8. The van der Waals surface area contributed by atoms with Gasteiger partial charge in [0.2, 0.25) is 0 Å². The molecule has 0 saturated carbocycles. The van der Waals surface area contributed by atoms with Crippen LogP contribution in [0.2, 0.25) is 0 Å². The van der Waals surface area contributed by atoms with E-state index in [1.165, 1.54) is 6.11 Å². The highest BCUT2D eigenvalue weighted by molar-refractivity contribution is 4.90. The van der Waals surface area contributed by atoms with Gasteiger partial charge in [-0.25, -0.2) is 0 Å². The summed E-state index contributed by atoms with van der Waals surface area (Å²) in [6.07, 6.45) is -30.5. The van der Waals surface area contributed by atoms with Crippen molar-refractivity contribution in [2.45, 2.75) is 55.1 Å². The molecule has 11 heteroatoms. The predicted octanol–water partition coefficient (Wildman–Crippen LogP) is -4.81. The zero-order valence-corrected chi connectivity index (χ0v) is 11.7. The maximum absolute atomic E-state index is 10.2. The van der Waals surface area contributed by atoms with Crippen molar-refractivity contribution < 1.29 is 68.8 Å². The molecule has 0 bridgehead atoms. The van der Waals surface area contributed by atoms with Gasteiger partial charge >= 0.3 is 0 Å². The maximum atomic E-state index is 10.2. The van der Waals surface area contributed by atoms with Crippen LogP contribution >= 0.6 is 0 Å². The summed E-state index contributed by atoms with van der Waals surface area (Å²) in [4.78, 5) is 0. The number of aliphatic hydroxyl groups excluding tert-OH is 2. The topological polar surface area (TPSA) is 190 Å². The van der Waals surface area contributed by atoms with Crippen molar-refractivity contribution >= 4 is 0 Å². The van der Waals surface area contributed by atoms with E-state index in [9.17, 15) is 35.7 Å². The predicted molar refractivity (Wildman–Crippen MR) is 73.4 cm³/mol. The molecule has 0 aromatic heterocycles. The highest BCUT2D eigenvalue weighted by Crippen LogP contribution is 2.25. The van der Waals surface area contributed by atoms with E-state index < -0.39 is 68.3 Å². The zero-order chi connectivity index (χ0) is 27.6. The van der Waals surface area contributed by atoms with E-state index >= 15 is 0 Å². The first-order valence-corrected chi connectivity index (χ1v) is 5.85. The average Bonchev–Trinajstić information content (AvgIpc) is 2.63. The summed E-state index contributed by atoms with van der Waals surface area (Å²) in [5, 5.41) is 76.6. The molecule has 2 aliphatic rings. The number of hydrogen-bond acceptors (Lipinski definition) is 11. The van der Waals surface area contributed by atoms with Gasteiger partial charge in [0, 0.05) is 0 Å². The van der Waals surface area contributed by atoms with E-state index in [4.69, 9.17) is 18.8 Å². The first-order valence-electron chi connectivity index (χ1n) is 10.9. The molecule has 8 N–H and O–H groups in total. The minimum Gasteiger partial charge on any atom is -0.462 e. The van der Waals surface area contributed by atoms with Crippen molar-refractivity contribution in [3.05, 3.63) is 0 Å². The molecule has 4 unspecified atom stereocenters. The first-order chi connectivity index (χ1) is 14.7. The number of terminal acetylenes is 1. The van der Waals surface area contributed by atoms with Gasteiger partial charge in [0.25, 0.3) is 0 Å². The molecule has 9 atom stereocenters. The molecule has 0 aromatic rings. The Kier molecular flexibility index (Phi) is 4.01. The fraction of sp³-hybridized carbons (Fsp3) is 0.846. The van der Waals surface area contributed by atoms with E-state index in [-0.39, 0.29) is 0 Å². The van der Waals surface area contributed by atoms with Gasteiger partial charge < -0.3 is 55.1 Å². The van der Waals surface area contributed by atoms with Crippen LogP contribution < -0.4 is 0 Å². The third-order valence-corrected chi connectivity index (χ3v) is 2.48. The summed E-state index contributed by atoms with van der Waals surface area (Å²) >= 11 is 0. The Morgan fingerprint density at radius 3 is 2.21 bits per heavy atom. The van der Waals surface area contributed by atoms with E-state index in [1.807, 2.05) is 0 Å². The van der Waals surface area contributed by atoms with Crippen LogP contribution in [0.1, 0.15) is 13.7 Å². The molecule has 24 heavy (non-hydrogen) atoms. The third-order valence-electron chi connectivity index (χ3n) is 2.48. The molecule has 2 rings (SSSR count). The molecule has 2 aliphatic heterocycles. The van der Waals surface area contributed by atoms with Crippen LogP contribution in [0.4, 0.5) is 0 Å². The smallest absolute Gasteiger partial charge is 0.189 e. The minimum atomic E-state index is -4.51. The van der Waals surface area contributed by atoms with E-state index in [0.717, 1.165) is 0 Å². The van der Waals surface area contributed by atoms with Crippen LogP contribution in [-0.4, -0.2) is 109 Å². The Hall–Kier alpha value is -1.04. The van der Waals surface area contributed by atoms with E-state index in [1.54, 1.807) is 0 Å². The second kappa shape index (κ2) is 9.44. The molecule has 0 radical (unpaired) electrons. The number of hydrogen-bond donors (Lipinski definition) is 8. The molecule has 0 aliphatic carbocycles. The largest absolute Gasteiger partial charge is 0.462 e. The van der Waals surface area contributed by atoms with Gasteiger partial charge in [-0.2, -0.15) is 0 Å². The lowest BCUT2D eigenvalue weighted by molar-refractivity contribution is -0.365. The summed E-state index contributed by atoms with van der Waals surface area (Å²) in [7, 11) is 0. The van der Waals surface area contributed by atoms with Crippen LogP contribution in [0.3, 0.4) is 0 Å². The van der Waals surface area contributed by atoms with Crippen molar-refractivity contribution in [2.75, 3.05) is 13.2 Å². The van der Waals surface area contributed by atoms with Crippen molar-refractivity contribution in [1.29, 1.82) is 0 Å². The fourth-order valence-electron chi connectivity index (χ4n) is 1.39. The summed E-state index contributed by atoms with van der Waals surface area (Å²) in [6, 6.07) is 0. The van der Waals surface area contributed by atoms with Crippen molar-refractivity contribution in [2.24, 2.45) is 0 Å². The second-order valence-electron chi connectivity index (χ2n) is 3.95. The molecular formula is C13H22O11. The van der Waals surface area contributed by atoms with Gasteiger partial charge in [0.05, 0.1) is 26.9 Å². The lowest BCUT2D eigenvalue weighted by Gasteiger charge is -2.42. The van der Waals surface area contributed by atoms with E-state index in [0.29, 0.717) is 0 Å². The SMILES string of the molecule is C#CO.[2H]C([2H])(O)C1([2H])O[C@]([2H])(O[C@@]2([2H])OC[C@@]([2H])(O)[C@]([2H])(O)C2O)C([2H])(O)C([2H])(O)[C@]1([2H])O. The second-order valence-corrected chi connectivity index (χ2v) is 3.95. The molecule has 0 amide bonds. The highest BCUT2D eigenvalue weighted by atomic mass is 16.8. The highest BCUT2D eigenvalue weighted by Gasteiger charge is 2.47. The summed E-state index contributed by atoms with van der Waals surface area (Å²) in [6.45, 7) is -5.70. The molecule has 2 saturated heterocycles. The van der Waals surface area contributed by atoms with E-state index in [2.05, 4.69) is 20.6 Å². The first kappa shape index (κ1) is 10.2. The Morgan fingerprint density at radius 2 is 1.67 bits per heavy atom. The Morgan fingerprint density at radius 1 is 1.08 bits per heavy atom. The molecule has 11 nitrogen and oxygen atoms in total. The van der Waals surface area contributed by atoms with Crippen molar-refractivity contribution in [1.82, 2.24) is 0 Å². The maximum Gasteiger partial charge on any atom is 0.189 e. The van der Waals surface area contributed by atoms with Crippen molar-refractivity contribution in [3.8, 4) is 12.5 Å². The van der Waals surface area contributed by atoms with Crippen LogP contribution in [0.25, 0.3) is 0 Å². The Labute approximate surface area is 151 Å². The summed E-state index contributed by atoms with van der Waals surface area (Å²) < 4.78 is 88.7. The Bertz CT molecular complexity index is 827. The van der Waals surface area contributed by atoms with Gasteiger partial charge in [-0.15, -0.1) is 0 Å². The third kappa shape index (κ3) is 4.74. The molecular weight excluding hydrogens is 332 g/mol. The summed E-state index contributed by atoms with van der Waals surface area (Å²) in [5.41, 5.74) is 0. The molecule has 0 spiro atoms. The van der Waals surface area contributed by atoms with Gasteiger partial charge in [-0.1, -0.05) is 6.42 Å². The van der Waals surface area contributed by atoms with Crippen LogP contribution in [0, 0.1) is 12.5 Å². The Balaban J connectivity index is 0.00000182. The van der Waals surface area contributed by atoms with Gasteiger partial charge in [-0.3, -0.25) is 0 Å². The molecule has 2 fully saturated rings. The van der Waals surface area contributed by atoms with Gasteiger partial charge in [0.1, 0.15) is 48.7 Å². The number of rotatable bonds is 3. The number of aliphatic hydroxyl groups is 8. The van der Waals surface area contributed by atoms with Gasteiger partial charge in [-0.05, 0) is 0 Å². The average molecular weight is 364 g/mol. The minimum absolute atomic E-state index is 1.25. The van der Waals surface area contributed by atoms with Crippen LogP contribution in [0.5, 0.6) is 0 Å². The standard InChI is InChI=1S/C11H20O10.C2H2O/c12-1-4-6(15)7(16)9(18)11(20-4)21-10-8(17)5(14)3(13)2-19-10;1-2-3/h3-18H,1-2H2;1,3H/t3-,4?,5+,6-,7?,8?,9?,10-,11-;/m1./s1/i1D2,3D,4D,5D,6D,7D,9D,10D,11D;. The van der Waals surface area contributed by atoms with Crippen LogP contribution in [-0.2, 0) is 14.2 Å². The lowest BCUT2D eigenvalue weighted by Crippen LogP contribution is -2.62. The summed E-state index contributed by atoms with van der Waals surface area (Å²) in [5.74, 6) is 0. The quantitative estimate of drug-likeness (QED) is 0.224. The van der Waals surface area contributed by atoms with Crippen molar-refractivity contribution in [3.63, 3.8) is 0 Å². The van der Waals surface area contributed by atoms with Gasteiger partial charge in [0.15, 0.2) is 12.5 Å². The molecule has 2 heterocycles. The molecule has 140 valence electrons. The fourth-order valence-corrected chi connectivity index (χ4v) is 1.39. The lowest BCUT2D eigenvalue weighted by atomic mass is 9.99. The number of ether oxygens (including phenoxy) is 3. The van der Waals surface area contributed by atoms with Crippen LogP contribution in [0.15, 0.2) is 0 Å². The zero-order valence-electron chi connectivity index (χ0n) is 21.7.